The number of halogens is 1. The van der Waals surface area contributed by atoms with Crippen molar-refractivity contribution in [1.29, 1.82) is 0 Å². The molecule has 23 heavy (non-hydrogen) atoms. The van der Waals surface area contributed by atoms with E-state index in [9.17, 15) is 9.90 Å². The summed E-state index contributed by atoms with van der Waals surface area (Å²) in [5.74, 6) is -0.853. The fourth-order valence-corrected chi connectivity index (χ4v) is 4.17. The monoisotopic (exact) mass is 339 g/mol. The summed E-state index contributed by atoms with van der Waals surface area (Å²) < 4.78 is 6.83. The minimum absolute atomic E-state index is 0. The van der Waals surface area contributed by atoms with E-state index in [1.165, 1.54) is 12.8 Å². The molecule has 2 aliphatic rings. The number of benzene rings is 1. The van der Waals surface area contributed by atoms with Gasteiger partial charge in [0.1, 0.15) is 12.0 Å². The molecule has 3 unspecified atom stereocenters. The lowest BCUT2D eigenvalue weighted by Crippen LogP contribution is -3.00. The van der Waals surface area contributed by atoms with Crippen molar-refractivity contribution in [2.24, 2.45) is 0 Å². The van der Waals surface area contributed by atoms with Gasteiger partial charge in [-0.3, -0.25) is 4.79 Å². The van der Waals surface area contributed by atoms with Crippen molar-refractivity contribution in [2.45, 2.75) is 49.8 Å². The van der Waals surface area contributed by atoms with Crippen LogP contribution in [0, 0.1) is 0 Å². The van der Waals surface area contributed by atoms with Gasteiger partial charge in [-0.15, -0.1) is 0 Å². The minimum Gasteiger partial charge on any atom is -1.00 e. The molecule has 1 aromatic carbocycles. The van der Waals surface area contributed by atoms with Crippen LogP contribution in [0.3, 0.4) is 0 Å². The molecule has 4 nitrogen and oxygen atoms in total. The number of ether oxygens (including phenoxy) is 1. The van der Waals surface area contributed by atoms with E-state index in [-0.39, 0.29) is 31.1 Å². The van der Waals surface area contributed by atoms with Gasteiger partial charge in [-0.05, 0) is 5.56 Å². The van der Waals surface area contributed by atoms with Crippen LogP contribution in [0.15, 0.2) is 30.3 Å². The summed E-state index contributed by atoms with van der Waals surface area (Å²) in [6, 6.07) is 10.6. The molecule has 2 bridgehead atoms. The van der Waals surface area contributed by atoms with Crippen LogP contribution in [0.1, 0.15) is 37.2 Å². The molecule has 0 aromatic heterocycles. The zero-order valence-corrected chi connectivity index (χ0v) is 14.6. The van der Waals surface area contributed by atoms with Gasteiger partial charge >= 0.3 is 5.97 Å². The lowest BCUT2D eigenvalue weighted by molar-refractivity contribution is -0.931. The maximum absolute atomic E-state index is 12.5. The van der Waals surface area contributed by atoms with E-state index in [0.717, 1.165) is 22.9 Å². The van der Waals surface area contributed by atoms with Crippen LogP contribution in [0.5, 0.6) is 0 Å². The minimum atomic E-state index is -0.566. The molecule has 0 radical (unpaired) electrons. The number of quaternary nitrogens is 1. The van der Waals surface area contributed by atoms with Crippen LogP contribution in [-0.2, 0) is 9.53 Å². The average molecular weight is 340 g/mol. The van der Waals surface area contributed by atoms with Crippen LogP contribution in [0.25, 0.3) is 0 Å². The molecule has 0 saturated carbocycles. The molecule has 2 fully saturated rings. The van der Waals surface area contributed by atoms with Crippen LogP contribution in [0.4, 0.5) is 0 Å². The number of aliphatic hydroxyl groups is 1. The molecular weight excluding hydrogens is 314 g/mol. The molecular formula is C18H26ClNO3. The van der Waals surface area contributed by atoms with E-state index < -0.39 is 5.92 Å². The number of piperidine rings is 1. The van der Waals surface area contributed by atoms with Crippen molar-refractivity contribution < 1.29 is 31.5 Å². The molecule has 2 heterocycles. The van der Waals surface area contributed by atoms with E-state index in [0.29, 0.717) is 12.1 Å². The highest BCUT2D eigenvalue weighted by atomic mass is 35.5. The summed E-state index contributed by atoms with van der Waals surface area (Å²) in [6.07, 6.45) is 4.36. The van der Waals surface area contributed by atoms with Crippen molar-refractivity contribution in [3.63, 3.8) is 0 Å². The molecule has 0 spiro atoms. The number of esters is 1. The van der Waals surface area contributed by atoms with Crippen LogP contribution < -0.4 is 12.4 Å². The van der Waals surface area contributed by atoms with Crippen LogP contribution in [-0.4, -0.2) is 54.4 Å². The summed E-state index contributed by atoms with van der Waals surface area (Å²) in [6.45, 7) is -0.204. The van der Waals surface area contributed by atoms with Gasteiger partial charge in [-0.1, -0.05) is 30.3 Å². The van der Waals surface area contributed by atoms with Crippen molar-refractivity contribution in [2.75, 3.05) is 20.7 Å². The van der Waals surface area contributed by atoms with Gasteiger partial charge in [0, 0.05) is 25.7 Å². The molecule has 1 aromatic rings. The molecule has 2 saturated heterocycles. The zero-order valence-electron chi connectivity index (χ0n) is 13.8. The molecule has 2 aliphatic heterocycles. The maximum atomic E-state index is 12.5. The largest absolute Gasteiger partial charge is 1.00 e. The van der Waals surface area contributed by atoms with E-state index >= 15 is 0 Å². The first-order valence-corrected chi connectivity index (χ1v) is 8.22. The summed E-state index contributed by atoms with van der Waals surface area (Å²) >= 11 is 0. The molecule has 3 rings (SSSR count). The first-order chi connectivity index (χ1) is 10.5. The fourth-order valence-electron chi connectivity index (χ4n) is 4.17. The SMILES string of the molecule is C[N+]1(C)C2CCC1CC(OC(=O)C(CO)c1ccccc1)C2.[Cl-]. The van der Waals surface area contributed by atoms with Crippen molar-refractivity contribution >= 4 is 5.97 Å². The number of hydrogen-bond acceptors (Lipinski definition) is 3. The van der Waals surface area contributed by atoms with Gasteiger partial charge in [0.2, 0.25) is 0 Å². The predicted octanol–water partition coefficient (Wildman–Crippen LogP) is -0.920. The Morgan fingerprint density at radius 2 is 1.78 bits per heavy atom. The zero-order chi connectivity index (χ0) is 15.7. The average Bonchev–Trinajstić information content (AvgIpc) is 2.68. The Morgan fingerprint density at radius 3 is 2.30 bits per heavy atom. The molecule has 1 N–H and O–H groups in total. The second-order valence-corrected chi connectivity index (χ2v) is 7.19. The number of hydrogen-bond donors (Lipinski definition) is 1. The van der Waals surface area contributed by atoms with E-state index in [2.05, 4.69) is 14.1 Å². The third-order valence-corrected chi connectivity index (χ3v) is 5.74. The number of fused-ring (bicyclic) bond motifs is 2. The number of carbonyl (C=O) groups excluding carboxylic acids is 1. The summed E-state index contributed by atoms with van der Waals surface area (Å²) in [7, 11) is 4.59. The summed E-state index contributed by atoms with van der Waals surface area (Å²) in [5, 5.41) is 9.57. The normalized spacial score (nSPS) is 29.4. The highest BCUT2D eigenvalue weighted by molar-refractivity contribution is 5.78. The van der Waals surface area contributed by atoms with Gasteiger partial charge in [0.05, 0.1) is 32.8 Å². The molecule has 128 valence electrons. The second kappa shape index (κ2) is 7.20. The third kappa shape index (κ3) is 3.54. The Hall–Kier alpha value is -1.10. The van der Waals surface area contributed by atoms with Gasteiger partial charge in [0.15, 0.2) is 0 Å². The van der Waals surface area contributed by atoms with Gasteiger partial charge in [-0.2, -0.15) is 0 Å². The molecule has 5 heteroatoms. The Labute approximate surface area is 144 Å². The quantitative estimate of drug-likeness (QED) is 0.570. The van der Waals surface area contributed by atoms with Gasteiger partial charge < -0.3 is 26.7 Å². The number of nitrogens with zero attached hydrogens (tertiary/aromatic N) is 1. The highest BCUT2D eigenvalue weighted by Gasteiger charge is 2.50. The van der Waals surface area contributed by atoms with Crippen molar-refractivity contribution in [1.82, 2.24) is 0 Å². The highest BCUT2D eigenvalue weighted by Crippen LogP contribution is 2.40. The number of carbonyl (C=O) groups is 1. The first kappa shape index (κ1) is 18.2. The lowest BCUT2D eigenvalue weighted by atomic mass is 9.96. The predicted molar refractivity (Wildman–Crippen MR) is 84.3 cm³/mol. The second-order valence-electron chi connectivity index (χ2n) is 7.19. The van der Waals surface area contributed by atoms with E-state index in [1.54, 1.807) is 0 Å². The van der Waals surface area contributed by atoms with Crippen molar-refractivity contribution in [3.8, 4) is 0 Å². The third-order valence-electron chi connectivity index (χ3n) is 5.74. The Bertz CT molecular complexity index is 518. The Balaban J connectivity index is 0.00000192. The standard InChI is InChI=1S/C18H26NO3.ClH/c1-19(2)14-8-9-15(19)11-16(10-14)22-18(21)17(12-20)13-6-4-3-5-7-13;/h3-7,14-17,20H,8-12H2,1-2H3;1H/q+1;/p-1. The van der Waals surface area contributed by atoms with Crippen molar-refractivity contribution in [3.05, 3.63) is 35.9 Å². The van der Waals surface area contributed by atoms with Crippen LogP contribution >= 0.6 is 0 Å². The van der Waals surface area contributed by atoms with Gasteiger partial charge in [0.25, 0.3) is 0 Å². The maximum Gasteiger partial charge on any atom is 0.316 e. The summed E-state index contributed by atoms with van der Waals surface area (Å²) in [5.41, 5.74) is 0.824. The smallest absolute Gasteiger partial charge is 0.316 e. The Kier molecular flexibility index (Phi) is 5.71. The van der Waals surface area contributed by atoms with E-state index in [4.69, 9.17) is 4.74 Å². The topological polar surface area (TPSA) is 46.5 Å². The van der Waals surface area contributed by atoms with Crippen LogP contribution in [0.2, 0.25) is 0 Å². The molecule has 3 atom stereocenters. The Morgan fingerprint density at radius 1 is 1.22 bits per heavy atom. The first-order valence-electron chi connectivity index (χ1n) is 8.22. The lowest BCUT2D eigenvalue weighted by Gasteiger charge is -2.44. The fraction of sp³-hybridized carbons (Fsp3) is 0.611. The van der Waals surface area contributed by atoms with Gasteiger partial charge in [-0.25, -0.2) is 0 Å². The summed E-state index contributed by atoms with van der Waals surface area (Å²) in [4.78, 5) is 12.5. The molecule has 0 amide bonds. The molecule has 0 aliphatic carbocycles. The number of rotatable bonds is 4. The number of aliphatic hydroxyl groups excluding tert-OH is 1. The van der Waals surface area contributed by atoms with E-state index in [1.807, 2.05) is 30.3 Å².